The molecule has 4 rings (SSSR count). The van der Waals surface area contributed by atoms with Gasteiger partial charge in [0, 0.05) is 17.0 Å². The smallest absolute Gasteiger partial charge is 0.277 e. The average molecular weight is 361 g/mol. The highest BCUT2D eigenvalue weighted by atomic mass is 31.2. The summed E-state index contributed by atoms with van der Waals surface area (Å²) in [6, 6.07) is 10.5. The Morgan fingerprint density at radius 2 is 1.84 bits per heavy atom. The summed E-state index contributed by atoms with van der Waals surface area (Å²) in [5, 5.41) is 0. The third-order valence-electron chi connectivity index (χ3n) is 7.53. The van der Waals surface area contributed by atoms with Gasteiger partial charge in [0.2, 0.25) is 0 Å². The van der Waals surface area contributed by atoms with E-state index in [2.05, 4.69) is 58.3 Å². The molecule has 0 N–H and O–H groups in total. The average Bonchev–Trinajstić information content (AvgIpc) is 2.98. The zero-order valence-corrected chi connectivity index (χ0v) is 17.3. The highest BCUT2D eigenvalue weighted by molar-refractivity contribution is 7.56. The van der Waals surface area contributed by atoms with E-state index < -0.39 is 7.52 Å². The van der Waals surface area contributed by atoms with Crippen molar-refractivity contribution < 1.29 is 9.09 Å². The number of fused-ring (bicyclic) bond motifs is 5. The van der Waals surface area contributed by atoms with E-state index >= 15 is 0 Å². The van der Waals surface area contributed by atoms with E-state index in [1.807, 2.05) is 18.2 Å². The monoisotopic (exact) mass is 361 g/mol. The molecule has 0 amide bonds. The Morgan fingerprint density at radius 1 is 1.20 bits per heavy atom. The highest BCUT2D eigenvalue weighted by Gasteiger charge is 2.74. The molecule has 138 valence electrons. The van der Waals surface area contributed by atoms with Crippen LogP contribution in [0, 0.1) is 16.7 Å². The van der Waals surface area contributed by atoms with E-state index in [-0.39, 0.29) is 28.5 Å². The van der Waals surface area contributed by atoms with Crippen LogP contribution in [0.15, 0.2) is 30.3 Å². The predicted octanol–water partition coefficient (Wildman–Crippen LogP) is 5.70. The van der Waals surface area contributed by atoms with Gasteiger partial charge in [0.1, 0.15) is 0 Å². The molecule has 3 nitrogen and oxygen atoms in total. The minimum absolute atomic E-state index is 0.0926. The van der Waals surface area contributed by atoms with Crippen LogP contribution in [-0.2, 0) is 15.3 Å². The van der Waals surface area contributed by atoms with Gasteiger partial charge >= 0.3 is 0 Å². The molecule has 1 saturated heterocycles. The molecule has 0 unspecified atom stereocenters. The van der Waals surface area contributed by atoms with Gasteiger partial charge in [-0.25, -0.2) is 4.67 Å². The second kappa shape index (κ2) is 5.21. The van der Waals surface area contributed by atoms with Crippen molar-refractivity contribution in [3.8, 4) is 0 Å². The maximum atomic E-state index is 14.1. The van der Waals surface area contributed by atoms with Gasteiger partial charge in [0.25, 0.3) is 7.52 Å². The second-order valence-corrected chi connectivity index (χ2v) is 12.3. The maximum Gasteiger partial charge on any atom is 0.277 e. The van der Waals surface area contributed by atoms with Crippen LogP contribution < -0.4 is 0 Å². The fourth-order valence-electron chi connectivity index (χ4n) is 6.00. The zero-order chi connectivity index (χ0) is 18.3. The molecule has 3 aliphatic rings. The van der Waals surface area contributed by atoms with E-state index in [1.54, 1.807) is 0 Å². The fraction of sp³-hybridized carbons (Fsp3) is 0.714. The molecule has 2 aliphatic carbocycles. The molecule has 1 heterocycles. The van der Waals surface area contributed by atoms with Crippen LogP contribution in [0.25, 0.3) is 0 Å². The van der Waals surface area contributed by atoms with Gasteiger partial charge < -0.3 is 4.52 Å². The van der Waals surface area contributed by atoms with Crippen LogP contribution in [0.3, 0.4) is 0 Å². The third kappa shape index (κ3) is 2.28. The van der Waals surface area contributed by atoms with E-state index in [0.717, 1.165) is 5.56 Å². The molecule has 1 aromatic rings. The molecule has 2 saturated carbocycles. The highest BCUT2D eigenvalue weighted by Crippen LogP contribution is 2.77. The number of hydrogen-bond donors (Lipinski definition) is 0. The van der Waals surface area contributed by atoms with Gasteiger partial charge in [-0.15, -0.1) is 0 Å². The normalized spacial score (nSPS) is 42.7. The standard InChI is InChI=1S/C21H32NO2P/c1-19(2,3)22-17-16-12-13-21(6,20(16,4)5)18(17)24-25(22,23)14-15-10-8-7-9-11-15/h7-11,16-18H,12-14H2,1-6H3/t16-,17-,18-,21+,25-/m1/s1. The fourth-order valence-corrected chi connectivity index (χ4v) is 9.31. The summed E-state index contributed by atoms with van der Waals surface area (Å²) in [7, 11) is -2.90. The predicted molar refractivity (Wildman–Crippen MR) is 103 cm³/mol. The van der Waals surface area contributed by atoms with Gasteiger partial charge in [0.05, 0.1) is 12.3 Å². The minimum Gasteiger partial charge on any atom is -0.312 e. The Kier molecular flexibility index (Phi) is 3.70. The lowest BCUT2D eigenvalue weighted by Crippen LogP contribution is -2.49. The minimum atomic E-state index is -2.90. The summed E-state index contributed by atoms with van der Waals surface area (Å²) in [5.41, 5.74) is 1.30. The second-order valence-electron chi connectivity index (χ2n) is 10.1. The van der Waals surface area contributed by atoms with Crippen molar-refractivity contribution in [2.45, 2.75) is 78.2 Å². The molecule has 1 aliphatic heterocycles. The van der Waals surface area contributed by atoms with Crippen LogP contribution in [0.5, 0.6) is 0 Å². The largest absolute Gasteiger partial charge is 0.312 e. The van der Waals surface area contributed by atoms with Crippen molar-refractivity contribution in [1.82, 2.24) is 4.67 Å². The maximum absolute atomic E-state index is 14.1. The van der Waals surface area contributed by atoms with Crippen LogP contribution in [0.2, 0.25) is 0 Å². The summed E-state index contributed by atoms with van der Waals surface area (Å²) in [6.45, 7) is 13.7. The van der Waals surface area contributed by atoms with Gasteiger partial charge in [-0.1, -0.05) is 51.1 Å². The van der Waals surface area contributed by atoms with E-state index in [9.17, 15) is 4.57 Å². The van der Waals surface area contributed by atoms with Gasteiger partial charge in [0.15, 0.2) is 0 Å². The van der Waals surface area contributed by atoms with Crippen LogP contribution in [-0.4, -0.2) is 22.4 Å². The van der Waals surface area contributed by atoms with Crippen molar-refractivity contribution in [2.24, 2.45) is 16.7 Å². The Bertz CT molecular complexity index is 723. The number of benzene rings is 1. The molecule has 5 atom stereocenters. The Balaban J connectivity index is 1.77. The van der Waals surface area contributed by atoms with Crippen LogP contribution >= 0.6 is 7.52 Å². The summed E-state index contributed by atoms with van der Waals surface area (Å²) in [5.74, 6) is 0.563. The van der Waals surface area contributed by atoms with E-state index in [1.165, 1.54) is 12.8 Å². The first-order chi connectivity index (χ1) is 11.5. The Morgan fingerprint density at radius 3 is 2.44 bits per heavy atom. The van der Waals surface area contributed by atoms with Crippen LogP contribution in [0.1, 0.15) is 59.9 Å². The summed E-state index contributed by atoms with van der Waals surface area (Å²) >= 11 is 0. The van der Waals surface area contributed by atoms with Crippen molar-refractivity contribution in [3.63, 3.8) is 0 Å². The summed E-state index contributed by atoms with van der Waals surface area (Å²) < 4.78 is 23.0. The molecular formula is C21H32NO2P. The van der Waals surface area contributed by atoms with Crippen molar-refractivity contribution in [3.05, 3.63) is 35.9 Å². The van der Waals surface area contributed by atoms with Gasteiger partial charge in [-0.2, -0.15) is 0 Å². The van der Waals surface area contributed by atoms with E-state index in [0.29, 0.717) is 12.1 Å². The number of hydrogen-bond acceptors (Lipinski definition) is 2. The van der Waals surface area contributed by atoms with E-state index in [4.69, 9.17) is 4.52 Å². The first-order valence-corrected chi connectivity index (χ1v) is 11.4. The zero-order valence-electron chi connectivity index (χ0n) is 16.5. The van der Waals surface area contributed by atoms with Crippen LogP contribution in [0.4, 0.5) is 0 Å². The lowest BCUT2D eigenvalue weighted by molar-refractivity contribution is 0.0341. The number of nitrogens with zero attached hydrogens (tertiary/aromatic N) is 1. The Labute approximate surface area is 152 Å². The molecular weight excluding hydrogens is 329 g/mol. The first-order valence-electron chi connectivity index (χ1n) is 9.62. The van der Waals surface area contributed by atoms with Gasteiger partial charge in [-0.05, 0) is 50.5 Å². The number of rotatable bonds is 2. The summed E-state index contributed by atoms with van der Waals surface area (Å²) in [6.07, 6.45) is 3.03. The molecule has 4 heteroatoms. The Hall–Kier alpha value is -0.630. The molecule has 3 fully saturated rings. The van der Waals surface area contributed by atoms with Crippen molar-refractivity contribution in [1.29, 1.82) is 0 Å². The topological polar surface area (TPSA) is 29.5 Å². The summed E-state index contributed by atoms with van der Waals surface area (Å²) in [4.78, 5) is 0. The molecule has 0 spiro atoms. The quantitative estimate of drug-likeness (QED) is 0.633. The van der Waals surface area contributed by atoms with Gasteiger partial charge in [-0.3, -0.25) is 4.57 Å². The molecule has 25 heavy (non-hydrogen) atoms. The lowest BCUT2D eigenvalue weighted by Gasteiger charge is -2.42. The first kappa shape index (κ1) is 17.8. The molecule has 0 aromatic heterocycles. The van der Waals surface area contributed by atoms with Crippen molar-refractivity contribution >= 4 is 7.52 Å². The lowest BCUT2D eigenvalue weighted by atomic mass is 9.70. The molecule has 2 bridgehead atoms. The molecule has 0 radical (unpaired) electrons. The molecule has 1 aromatic carbocycles. The SMILES string of the molecule is CC(C)(C)N1[C@@H]2[C@H]3CC[C@@](C)([C@@H]2O[P@]1(=O)Cc1ccccc1)C3(C)C. The third-order valence-corrected chi connectivity index (χ3v) is 10.4. The van der Waals surface area contributed by atoms with Crippen molar-refractivity contribution in [2.75, 3.05) is 0 Å².